The fourth-order valence-electron chi connectivity index (χ4n) is 2.41. The molecule has 1 unspecified atom stereocenters. The minimum Gasteiger partial charge on any atom is -0.343 e. The normalized spacial score (nSPS) is 21.8. The van der Waals surface area contributed by atoms with Crippen LogP contribution in [0.4, 0.5) is 0 Å². The second-order valence-corrected chi connectivity index (χ2v) is 4.79. The van der Waals surface area contributed by atoms with Crippen LogP contribution in [0, 0.1) is 5.92 Å². The number of hydrogen-bond acceptors (Lipinski definition) is 5. The summed E-state index contributed by atoms with van der Waals surface area (Å²) in [5, 5.41) is 7.38. The Morgan fingerprint density at radius 2 is 2.53 bits per heavy atom. The fourth-order valence-corrected chi connectivity index (χ4v) is 2.41. The molecule has 1 atom stereocenters. The van der Waals surface area contributed by atoms with Crippen LogP contribution in [-0.4, -0.2) is 41.2 Å². The number of likely N-dealkylation sites (tertiary alicyclic amines) is 1. The van der Waals surface area contributed by atoms with Gasteiger partial charge in [-0.2, -0.15) is 4.98 Å². The van der Waals surface area contributed by atoms with Crippen molar-refractivity contribution in [3.05, 3.63) is 12.2 Å². The zero-order chi connectivity index (χ0) is 11.9. The molecular formula is C12H22N4O. The van der Waals surface area contributed by atoms with Crippen LogP contribution in [-0.2, 0) is 6.54 Å². The van der Waals surface area contributed by atoms with E-state index in [9.17, 15) is 0 Å². The van der Waals surface area contributed by atoms with E-state index in [-0.39, 0.29) is 0 Å². The molecule has 1 N–H and O–H groups in total. The minimum atomic E-state index is 0.766. The van der Waals surface area contributed by atoms with Crippen molar-refractivity contribution >= 4 is 0 Å². The van der Waals surface area contributed by atoms with Gasteiger partial charge in [0, 0.05) is 6.54 Å². The highest BCUT2D eigenvalue weighted by atomic mass is 16.5. The molecule has 0 spiro atoms. The van der Waals surface area contributed by atoms with Gasteiger partial charge in [-0.25, -0.2) is 0 Å². The summed E-state index contributed by atoms with van der Waals surface area (Å²) in [6.07, 6.45) is 5.22. The lowest BCUT2D eigenvalue weighted by Crippen LogP contribution is -2.39. The highest BCUT2D eigenvalue weighted by Crippen LogP contribution is 2.16. The first-order chi connectivity index (χ1) is 8.38. The third-order valence-electron chi connectivity index (χ3n) is 3.23. The average Bonchev–Trinajstić information content (AvgIpc) is 2.83. The lowest BCUT2D eigenvalue weighted by atomic mass is 9.98. The van der Waals surface area contributed by atoms with Crippen molar-refractivity contribution in [1.29, 1.82) is 0 Å². The maximum absolute atomic E-state index is 4.76. The largest absolute Gasteiger partial charge is 0.343 e. The summed E-state index contributed by atoms with van der Waals surface area (Å²) >= 11 is 0. The van der Waals surface area contributed by atoms with E-state index in [4.69, 9.17) is 4.52 Å². The molecule has 1 fully saturated rings. The van der Waals surface area contributed by atoms with Gasteiger partial charge in [-0.15, -0.1) is 0 Å². The maximum atomic E-state index is 4.76. The van der Waals surface area contributed by atoms with E-state index in [1.807, 2.05) is 0 Å². The third-order valence-corrected chi connectivity index (χ3v) is 3.23. The Kier molecular flexibility index (Phi) is 4.94. The van der Waals surface area contributed by atoms with Gasteiger partial charge in [-0.3, -0.25) is 4.90 Å². The summed E-state index contributed by atoms with van der Waals surface area (Å²) in [5.41, 5.74) is 0. The van der Waals surface area contributed by atoms with Crippen LogP contribution in [0.25, 0.3) is 0 Å². The summed E-state index contributed by atoms with van der Waals surface area (Å²) in [4.78, 5) is 6.50. The van der Waals surface area contributed by atoms with Gasteiger partial charge >= 0.3 is 0 Å². The number of rotatable bonds is 6. The standard InChI is InChI=1S/C12H22N4O/c1-2-5-13-7-11-4-3-6-16(8-11)9-12-14-10-17-15-12/h10-11,13H,2-9H2,1H3. The van der Waals surface area contributed by atoms with Crippen molar-refractivity contribution in [1.82, 2.24) is 20.4 Å². The molecule has 5 nitrogen and oxygen atoms in total. The van der Waals surface area contributed by atoms with Crippen molar-refractivity contribution in [2.45, 2.75) is 32.7 Å². The van der Waals surface area contributed by atoms with Crippen LogP contribution in [0.15, 0.2) is 10.9 Å². The number of nitrogens with zero attached hydrogens (tertiary/aromatic N) is 3. The lowest BCUT2D eigenvalue weighted by Gasteiger charge is -2.32. The molecule has 0 amide bonds. The van der Waals surface area contributed by atoms with E-state index in [2.05, 4.69) is 27.3 Å². The zero-order valence-corrected chi connectivity index (χ0v) is 10.6. The molecule has 0 aromatic carbocycles. The number of nitrogens with one attached hydrogen (secondary N) is 1. The Bertz CT molecular complexity index is 301. The number of hydrogen-bond donors (Lipinski definition) is 1. The van der Waals surface area contributed by atoms with Crippen LogP contribution in [0.5, 0.6) is 0 Å². The Labute approximate surface area is 103 Å². The molecule has 2 heterocycles. The Morgan fingerprint density at radius 1 is 1.59 bits per heavy atom. The van der Waals surface area contributed by atoms with Crippen molar-refractivity contribution in [2.24, 2.45) is 5.92 Å². The van der Waals surface area contributed by atoms with Gasteiger partial charge in [0.1, 0.15) is 0 Å². The van der Waals surface area contributed by atoms with Gasteiger partial charge in [-0.1, -0.05) is 12.1 Å². The SMILES string of the molecule is CCCNCC1CCCN(Cc2ncon2)C1. The van der Waals surface area contributed by atoms with Crippen LogP contribution >= 0.6 is 0 Å². The smallest absolute Gasteiger partial charge is 0.213 e. The fraction of sp³-hybridized carbons (Fsp3) is 0.833. The molecule has 1 aromatic heterocycles. The van der Waals surface area contributed by atoms with Crippen molar-refractivity contribution < 1.29 is 4.52 Å². The summed E-state index contributed by atoms with van der Waals surface area (Å²) < 4.78 is 4.76. The molecule has 1 saturated heterocycles. The first-order valence-corrected chi connectivity index (χ1v) is 6.56. The molecule has 2 rings (SSSR count). The molecule has 1 aliphatic rings. The molecule has 0 radical (unpaired) electrons. The molecule has 5 heteroatoms. The van der Waals surface area contributed by atoms with Crippen molar-refractivity contribution in [3.63, 3.8) is 0 Å². The van der Waals surface area contributed by atoms with Crippen LogP contribution in [0.2, 0.25) is 0 Å². The Morgan fingerprint density at radius 3 is 3.29 bits per heavy atom. The van der Waals surface area contributed by atoms with Crippen LogP contribution in [0.3, 0.4) is 0 Å². The van der Waals surface area contributed by atoms with Gasteiger partial charge in [0.05, 0.1) is 6.54 Å². The Balaban J connectivity index is 1.72. The van der Waals surface area contributed by atoms with Crippen LogP contribution in [0.1, 0.15) is 32.0 Å². The summed E-state index contributed by atoms with van der Waals surface area (Å²) in [6, 6.07) is 0. The molecule has 1 aliphatic heterocycles. The molecule has 0 bridgehead atoms. The second kappa shape index (κ2) is 6.71. The first-order valence-electron chi connectivity index (χ1n) is 6.56. The van der Waals surface area contributed by atoms with Crippen molar-refractivity contribution in [2.75, 3.05) is 26.2 Å². The van der Waals surface area contributed by atoms with E-state index in [0.717, 1.165) is 44.5 Å². The van der Waals surface area contributed by atoms with Gasteiger partial charge in [0.2, 0.25) is 6.39 Å². The Hall–Kier alpha value is -0.940. The van der Waals surface area contributed by atoms with E-state index < -0.39 is 0 Å². The van der Waals surface area contributed by atoms with E-state index in [1.165, 1.54) is 25.7 Å². The van der Waals surface area contributed by atoms with Gasteiger partial charge in [0.25, 0.3) is 0 Å². The first kappa shape index (κ1) is 12.5. The highest BCUT2D eigenvalue weighted by molar-refractivity contribution is 4.82. The van der Waals surface area contributed by atoms with Gasteiger partial charge in [0.15, 0.2) is 5.82 Å². The monoisotopic (exact) mass is 238 g/mol. The van der Waals surface area contributed by atoms with Crippen LogP contribution < -0.4 is 5.32 Å². The summed E-state index contributed by atoms with van der Waals surface area (Å²) in [5.74, 6) is 1.56. The molecule has 17 heavy (non-hydrogen) atoms. The van der Waals surface area contributed by atoms with E-state index >= 15 is 0 Å². The predicted molar refractivity (Wildman–Crippen MR) is 65.5 cm³/mol. The van der Waals surface area contributed by atoms with Gasteiger partial charge in [-0.05, 0) is 44.8 Å². The molecular weight excluding hydrogens is 216 g/mol. The van der Waals surface area contributed by atoms with E-state index in [1.54, 1.807) is 0 Å². The number of piperidine rings is 1. The number of aromatic nitrogens is 2. The minimum absolute atomic E-state index is 0.766. The lowest BCUT2D eigenvalue weighted by molar-refractivity contribution is 0.160. The molecule has 0 aliphatic carbocycles. The molecule has 96 valence electrons. The third kappa shape index (κ3) is 4.09. The topological polar surface area (TPSA) is 54.2 Å². The quantitative estimate of drug-likeness (QED) is 0.757. The average molecular weight is 238 g/mol. The second-order valence-electron chi connectivity index (χ2n) is 4.79. The molecule has 1 aromatic rings. The summed E-state index contributed by atoms with van der Waals surface area (Å²) in [7, 11) is 0. The van der Waals surface area contributed by atoms with E-state index in [0.29, 0.717) is 0 Å². The zero-order valence-electron chi connectivity index (χ0n) is 10.6. The highest BCUT2D eigenvalue weighted by Gasteiger charge is 2.20. The van der Waals surface area contributed by atoms with Gasteiger partial charge < -0.3 is 9.84 Å². The predicted octanol–water partition coefficient (Wildman–Crippen LogP) is 1.28. The maximum Gasteiger partial charge on any atom is 0.213 e. The summed E-state index contributed by atoms with van der Waals surface area (Å²) in [6.45, 7) is 7.58. The van der Waals surface area contributed by atoms with Crippen molar-refractivity contribution in [3.8, 4) is 0 Å². The molecule has 0 saturated carbocycles.